The van der Waals surface area contributed by atoms with Crippen molar-refractivity contribution >= 4 is 5.91 Å². The van der Waals surface area contributed by atoms with Crippen molar-refractivity contribution in [3.05, 3.63) is 77.9 Å². The SMILES string of the molecule is Cc1ccc(OC(C)C(=O)NCc2ccccc2Cn2cncn2)cc1. The van der Waals surface area contributed by atoms with E-state index >= 15 is 0 Å². The predicted molar refractivity (Wildman–Crippen MR) is 98.7 cm³/mol. The molecule has 6 nitrogen and oxygen atoms in total. The Morgan fingerprint density at radius 2 is 1.88 bits per heavy atom. The van der Waals surface area contributed by atoms with E-state index in [0.717, 1.165) is 16.7 Å². The van der Waals surface area contributed by atoms with Crippen LogP contribution in [0.25, 0.3) is 0 Å². The summed E-state index contributed by atoms with van der Waals surface area (Å²) in [5.41, 5.74) is 3.28. The van der Waals surface area contributed by atoms with Crippen LogP contribution in [0.2, 0.25) is 0 Å². The molecule has 3 aromatic rings. The van der Waals surface area contributed by atoms with Crippen LogP contribution in [0.4, 0.5) is 0 Å². The molecule has 1 aromatic heterocycles. The van der Waals surface area contributed by atoms with Crippen molar-refractivity contribution in [3.8, 4) is 5.75 Å². The summed E-state index contributed by atoms with van der Waals surface area (Å²) in [7, 11) is 0. The summed E-state index contributed by atoms with van der Waals surface area (Å²) < 4.78 is 7.45. The molecule has 6 heteroatoms. The molecule has 0 saturated heterocycles. The molecule has 0 radical (unpaired) electrons. The van der Waals surface area contributed by atoms with E-state index in [1.807, 2.05) is 55.5 Å². The van der Waals surface area contributed by atoms with Gasteiger partial charge in [-0.15, -0.1) is 0 Å². The van der Waals surface area contributed by atoms with E-state index in [1.165, 1.54) is 6.33 Å². The number of carbonyl (C=O) groups excluding carboxylic acids is 1. The first kappa shape index (κ1) is 17.7. The molecule has 0 saturated carbocycles. The Balaban J connectivity index is 1.58. The second-order valence-electron chi connectivity index (χ2n) is 6.15. The van der Waals surface area contributed by atoms with Gasteiger partial charge >= 0.3 is 0 Å². The van der Waals surface area contributed by atoms with Crippen LogP contribution in [0.5, 0.6) is 5.75 Å². The summed E-state index contributed by atoms with van der Waals surface area (Å²) in [6.45, 7) is 4.81. The molecule has 26 heavy (non-hydrogen) atoms. The van der Waals surface area contributed by atoms with Crippen LogP contribution in [0.1, 0.15) is 23.6 Å². The Labute approximate surface area is 152 Å². The van der Waals surface area contributed by atoms with Gasteiger partial charge in [-0.2, -0.15) is 5.10 Å². The minimum atomic E-state index is -0.569. The number of amides is 1. The van der Waals surface area contributed by atoms with Gasteiger partial charge in [0.25, 0.3) is 5.91 Å². The fraction of sp³-hybridized carbons (Fsp3) is 0.250. The van der Waals surface area contributed by atoms with Gasteiger partial charge in [0, 0.05) is 6.54 Å². The van der Waals surface area contributed by atoms with Crippen molar-refractivity contribution in [2.45, 2.75) is 33.0 Å². The average Bonchev–Trinajstić information content (AvgIpc) is 3.15. The number of aromatic nitrogens is 3. The number of ether oxygens (including phenoxy) is 1. The van der Waals surface area contributed by atoms with Crippen LogP contribution in [0.15, 0.2) is 61.2 Å². The van der Waals surface area contributed by atoms with Crippen LogP contribution < -0.4 is 10.1 Å². The molecule has 1 N–H and O–H groups in total. The lowest BCUT2D eigenvalue weighted by Crippen LogP contribution is -2.36. The van der Waals surface area contributed by atoms with Gasteiger partial charge in [-0.05, 0) is 37.1 Å². The van der Waals surface area contributed by atoms with E-state index in [0.29, 0.717) is 18.8 Å². The van der Waals surface area contributed by atoms with E-state index < -0.39 is 6.10 Å². The first-order valence-corrected chi connectivity index (χ1v) is 8.52. The molecule has 1 amide bonds. The molecule has 0 bridgehead atoms. The summed E-state index contributed by atoms with van der Waals surface area (Å²) in [5, 5.41) is 7.07. The molecular formula is C20H22N4O2. The van der Waals surface area contributed by atoms with Gasteiger partial charge in [0.1, 0.15) is 18.4 Å². The number of hydrogen-bond donors (Lipinski definition) is 1. The maximum absolute atomic E-state index is 12.4. The van der Waals surface area contributed by atoms with Gasteiger partial charge in [-0.3, -0.25) is 4.79 Å². The third kappa shape index (κ3) is 4.69. The zero-order chi connectivity index (χ0) is 18.4. The summed E-state index contributed by atoms with van der Waals surface area (Å²) in [6, 6.07) is 15.6. The fourth-order valence-electron chi connectivity index (χ4n) is 2.57. The normalized spacial score (nSPS) is 11.8. The Bertz CT molecular complexity index is 845. The fourth-order valence-corrected chi connectivity index (χ4v) is 2.57. The van der Waals surface area contributed by atoms with Gasteiger partial charge in [-0.1, -0.05) is 42.0 Å². The van der Waals surface area contributed by atoms with Gasteiger partial charge in [-0.25, -0.2) is 9.67 Å². The lowest BCUT2D eigenvalue weighted by Gasteiger charge is -2.16. The average molecular weight is 350 g/mol. The first-order valence-electron chi connectivity index (χ1n) is 8.52. The van der Waals surface area contributed by atoms with Crippen LogP contribution in [0, 0.1) is 6.92 Å². The molecule has 0 aliphatic carbocycles. The monoisotopic (exact) mass is 350 g/mol. The Morgan fingerprint density at radius 1 is 1.15 bits per heavy atom. The third-order valence-corrected chi connectivity index (χ3v) is 4.07. The molecule has 0 aliphatic heterocycles. The first-order chi connectivity index (χ1) is 12.6. The lowest BCUT2D eigenvalue weighted by molar-refractivity contribution is -0.127. The van der Waals surface area contributed by atoms with E-state index in [4.69, 9.17) is 4.74 Å². The van der Waals surface area contributed by atoms with Crippen LogP contribution in [-0.4, -0.2) is 26.8 Å². The minimum Gasteiger partial charge on any atom is -0.481 e. The van der Waals surface area contributed by atoms with Crippen LogP contribution in [-0.2, 0) is 17.9 Å². The standard InChI is InChI=1S/C20H22N4O2/c1-15-7-9-19(10-8-15)26-16(2)20(25)22-11-17-5-3-4-6-18(17)12-24-14-21-13-23-24/h3-10,13-14,16H,11-12H2,1-2H3,(H,22,25). The Morgan fingerprint density at radius 3 is 2.58 bits per heavy atom. The second-order valence-corrected chi connectivity index (χ2v) is 6.15. The molecule has 1 heterocycles. The number of nitrogens with zero attached hydrogens (tertiary/aromatic N) is 3. The maximum atomic E-state index is 12.4. The van der Waals surface area contributed by atoms with Crippen molar-refractivity contribution < 1.29 is 9.53 Å². The van der Waals surface area contributed by atoms with Crippen molar-refractivity contribution in [1.29, 1.82) is 0 Å². The topological polar surface area (TPSA) is 69.0 Å². The predicted octanol–water partition coefficient (Wildman–Crippen LogP) is 2.72. The zero-order valence-electron chi connectivity index (χ0n) is 14.9. The Kier molecular flexibility index (Phi) is 5.63. The second kappa shape index (κ2) is 8.29. The number of benzene rings is 2. The van der Waals surface area contributed by atoms with Crippen molar-refractivity contribution in [3.63, 3.8) is 0 Å². The molecule has 0 aliphatic rings. The molecule has 1 unspecified atom stereocenters. The highest BCUT2D eigenvalue weighted by Gasteiger charge is 2.15. The summed E-state index contributed by atoms with van der Waals surface area (Å²) in [5.74, 6) is 0.533. The van der Waals surface area contributed by atoms with E-state index in [-0.39, 0.29) is 5.91 Å². The van der Waals surface area contributed by atoms with E-state index in [9.17, 15) is 4.79 Å². The Hall–Kier alpha value is -3.15. The number of rotatable bonds is 7. The highest BCUT2D eigenvalue weighted by molar-refractivity contribution is 5.80. The molecular weight excluding hydrogens is 328 g/mol. The number of hydrogen-bond acceptors (Lipinski definition) is 4. The number of carbonyl (C=O) groups is 1. The lowest BCUT2D eigenvalue weighted by atomic mass is 10.1. The number of nitrogens with one attached hydrogen (secondary N) is 1. The molecule has 0 spiro atoms. The largest absolute Gasteiger partial charge is 0.481 e. The van der Waals surface area contributed by atoms with Crippen molar-refractivity contribution in [2.24, 2.45) is 0 Å². The maximum Gasteiger partial charge on any atom is 0.261 e. The molecule has 134 valence electrons. The third-order valence-electron chi connectivity index (χ3n) is 4.07. The van der Waals surface area contributed by atoms with Crippen molar-refractivity contribution in [1.82, 2.24) is 20.1 Å². The van der Waals surface area contributed by atoms with Gasteiger partial charge in [0.15, 0.2) is 6.10 Å². The summed E-state index contributed by atoms with van der Waals surface area (Å²) >= 11 is 0. The molecule has 1 atom stereocenters. The van der Waals surface area contributed by atoms with E-state index in [2.05, 4.69) is 15.4 Å². The summed E-state index contributed by atoms with van der Waals surface area (Å²) in [4.78, 5) is 16.3. The van der Waals surface area contributed by atoms with Crippen LogP contribution >= 0.6 is 0 Å². The molecule has 3 rings (SSSR count). The summed E-state index contributed by atoms with van der Waals surface area (Å²) in [6.07, 6.45) is 2.61. The zero-order valence-corrected chi connectivity index (χ0v) is 14.9. The number of aryl methyl sites for hydroxylation is 1. The minimum absolute atomic E-state index is 0.152. The highest BCUT2D eigenvalue weighted by atomic mass is 16.5. The van der Waals surface area contributed by atoms with E-state index in [1.54, 1.807) is 17.9 Å². The quantitative estimate of drug-likeness (QED) is 0.711. The smallest absolute Gasteiger partial charge is 0.261 e. The van der Waals surface area contributed by atoms with Crippen molar-refractivity contribution in [2.75, 3.05) is 0 Å². The van der Waals surface area contributed by atoms with Crippen LogP contribution in [0.3, 0.4) is 0 Å². The van der Waals surface area contributed by atoms with Gasteiger partial charge in [0.2, 0.25) is 0 Å². The van der Waals surface area contributed by atoms with Gasteiger partial charge < -0.3 is 10.1 Å². The molecule has 0 fully saturated rings. The van der Waals surface area contributed by atoms with Gasteiger partial charge in [0.05, 0.1) is 6.54 Å². The molecule has 2 aromatic carbocycles. The highest BCUT2D eigenvalue weighted by Crippen LogP contribution is 2.14.